The lowest BCUT2D eigenvalue weighted by Crippen LogP contribution is -2.03. The van der Waals surface area contributed by atoms with Gasteiger partial charge in [0.15, 0.2) is 0 Å². The highest BCUT2D eigenvalue weighted by atomic mass is 16.3. The van der Waals surface area contributed by atoms with Crippen molar-refractivity contribution >= 4 is 0 Å². The number of aliphatic hydroxyl groups excluding tert-OH is 1. The molecule has 1 heteroatoms. The van der Waals surface area contributed by atoms with E-state index >= 15 is 0 Å². The fourth-order valence-corrected chi connectivity index (χ4v) is 3.53. The average Bonchev–Trinajstić information content (AvgIpc) is 2.53. The van der Waals surface area contributed by atoms with E-state index in [9.17, 15) is 5.11 Å². The van der Waals surface area contributed by atoms with Crippen LogP contribution in [0.1, 0.15) is 110 Å². The molecule has 1 aliphatic rings. The molecule has 0 amide bonds. The molecule has 0 saturated heterocycles. The van der Waals surface area contributed by atoms with Gasteiger partial charge in [0, 0.05) is 0 Å². The number of unbranched alkanes of at least 4 members (excludes halogenated alkanes) is 10. The third-order valence-corrected chi connectivity index (χ3v) is 4.98. The number of hydrogen-bond donors (Lipinski definition) is 1. The lowest BCUT2D eigenvalue weighted by Gasteiger charge is -2.19. The third-order valence-electron chi connectivity index (χ3n) is 4.98. The van der Waals surface area contributed by atoms with Gasteiger partial charge in [-0.05, 0) is 44.1 Å². The molecule has 0 unspecified atom stereocenters. The first-order valence-corrected chi connectivity index (χ1v) is 9.69. The molecule has 0 saturated carbocycles. The first-order chi connectivity index (χ1) is 10.4. The molecule has 0 aromatic heterocycles. The van der Waals surface area contributed by atoms with E-state index in [2.05, 4.69) is 6.92 Å². The van der Waals surface area contributed by atoms with Gasteiger partial charge in [-0.2, -0.15) is 0 Å². The largest absolute Gasteiger partial charge is 0.392 e. The van der Waals surface area contributed by atoms with Gasteiger partial charge in [0.1, 0.15) is 0 Å². The predicted octanol–water partition coefficient (Wildman–Crippen LogP) is 6.55. The maximum Gasteiger partial charge on any atom is 0.0644 e. The van der Waals surface area contributed by atoms with Crippen molar-refractivity contribution in [3.63, 3.8) is 0 Å². The molecule has 0 spiro atoms. The minimum Gasteiger partial charge on any atom is -0.392 e. The molecule has 1 rings (SSSR count). The van der Waals surface area contributed by atoms with Crippen molar-refractivity contribution < 1.29 is 5.11 Å². The van der Waals surface area contributed by atoms with Gasteiger partial charge in [-0.3, -0.25) is 0 Å². The number of aliphatic hydroxyl groups is 1. The first kappa shape index (κ1) is 18.7. The van der Waals surface area contributed by atoms with Crippen LogP contribution in [-0.2, 0) is 0 Å². The number of rotatable bonds is 13. The fourth-order valence-electron chi connectivity index (χ4n) is 3.53. The fraction of sp³-hybridized carbons (Fsp3) is 0.900. The van der Waals surface area contributed by atoms with Crippen molar-refractivity contribution in [2.45, 2.75) is 110 Å². The molecule has 1 nitrogen and oxygen atoms in total. The lowest BCUT2D eigenvalue weighted by atomic mass is 9.89. The maximum atomic E-state index is 9.38. The highest BCUT2D eigenvalue weighted by Gasteiger charge is 2.11. The van der Waals surface area contributed by atoms with E-state index in [-0.39, 0.29) is 0 Å². The van der Waals surface area contributed by atoms with E-state index in [0.29, 0.717) is 6.61 Å². The van der Waals surface area contributed by atoms with Gasteiger partial charge in [-0.25, -0.2) is 0 Å². The van der Waals surface area contributed by atoms with E-state index in [4.69, 9.17) is 0 Å². The standard InChI is InChI=1S/C20H38O/c1-2-3-4-5-6-7-8-9-10-11-12-15-19-16-13-14-17-20(19)18-21/h21H,2-18H2,1H3. The van der Waals surface area contributed by atoms with Gasteiger partial charge in [0.2, 0.25) is 0 Å². The van der Waals surface area contributed by atoms with Crippen molar-refractivity contribution in [2.75, 3.05) is 6.61 Å². The third kappa shape index (κ3) is 9.34. The summed E-state index contributed by atoms with van der Waals surface area (Å²) in [5, 5.41) is 9.38. The van der Waals surface area contributed by atoms with Gasteiger partial charge in [0.25, 0.3) is 0 Å². The van der Waals surface area contributed by atoms with E-state index in [1.54, 1.807) is 5.57 Å². The second-order valence-electron chi connectivity index (χ2n) is 6.86. The van der Waals surface area contributed by atoms with Crippen LogP contribution >= 0.6 is 0 Å². The molecular formula is C20H38O. The van der Waals surface area contributed by atoms with Gasteiger partial charge in [-0.1, -0.05) is 76.7 Å². The van der Waals surface area contributed by atoms with Crippen LogP contribution in [0, 0.1) is 0 Å². The Hall–Kier alpha value is -0.300. The van der Waals surface area contributed by atoms with Crippen LogP contribution in [0.25, 0.3) is 0 Å². The van der Waals surface area contributed by atoms with Crippen LogP contribution in [-0.4, -0.2) is 11.7 Å². The lowest BCUT2D eigenvalue weighted by molar-refractivity contribution is 0.319. The van der Waals surface area contributed by atoms with E-state index in [0.717, 1.165) is 6.42 Å². The Bertz CT molecular complexity index is 267. The van der Waals surface area contributed by atoms with Gasteiger partial charge >= 0.3 is 0 Å². The van der Waals surface area contributed by atoms with Crippen molar-refractivity contribution in [3.05, 3.63) is 11.1 Å². The monoisotopic (exact) mass is 294 g/mol. The SMILES string of the molecule is CCCCCCCCCCCCCC1=C(CO)CCCC1. The van der Waals surface area contributed by atoms with E-state index in [1.165, 1.54) is 102 Å². The zero-order valence-electron chi connectivity index (χ0n) is 14.5. The quantitative estimate of drug-likeness (QED) is 0.301. The highest BCUT2D eigenvalue weighted by molar-refractivity contribution is 5.17. The summed E-state index contributed by atoms with van der Waals surface area (Å²) in [6.45, 7) is 2.60. The Balaban J connectivity index is 1.89. The van der Waals surface area contributed by atoms with Crippen LogP contribution in [0.3, 0.4) is 0 Å². The summed E-state index contributed by atoms with van der Waals surface area (Å²) in [6.07, 6.45) is 21.9. The minimum absolute atomic E-state index is 0.313. The minimum atomic E-state index is 0.313. The molecule has 0 bridgehead atoms. The molecule has 0 fully saturated rings. The molecule has 124 valence electrons. The van der Waals surface area contributed by atoms with Crippen LogP contribution in [0.2, 0.25) is 0 Å². The first-order valence-electron chi connectivity index (χ1n) is 9.69. The van der Waals surface area contributed by atoms with E-state index < -0.39 is 0 Å². The second kappa shape index (κ2) is 13.4. The summed E-state index contributed by atoms with van der Waals surface area (Å²) < 4.78 is 0. The number of allylic oxidation sites excluding steroid dienone is 1. The summed E-state index contributed by atoms with van der Waals surface area (Å²) >= 11 is 0. The number of hydrogen-bond acceptors (Lipinski definition) is 1. The smallest absolute Gasteiger partial charge is 0.0644 e. The predicted molar refractivity (Wildman–Crippen MR) is 93.7 cm³/mol. The van der Waals surface area contributed by atoms with E-state index in [1.807, 2.05) is 0 Å². The topological polar surface area (TPSA) is 20.2 Å². The van der Waals surface area contributed by atoms with Crippen molar-refractivity contribution in [3.8, 4) is 0 Å². The molecule has 0 radical (unpaired) electrons. The summed E-state index contributed by atoms with van der Waals surface area (Å²) in [5.41, 5.74) is 2.97. The molecule has 1 N–H and O–H groups in total. The summed E-state index contributed by atoms with van der Waals surface area (Å²) in [5.74, 6) is 0. The molecule has 0 aliphatic heterocycles. The summed E-state index contributed by atoms with van der Waals surface area (Å²) in [7, 11) is 0. The van der Waals surface area contributed by atoms with Crippen LogP contribution in [0.5, 0.6) is 0 Å². The molecule has 21 heavy (non-hydrogen) atoms. The van der Waals surface area contributed by atoms with Crippen LogP contribution in [0.15, 0.2) is 11.1 Å². The molecule has 1 aliphatic carbocycles. The Kier molecular flexibility index (Phi) is 11.9. The highest BCUT2D eigenvalue weighted by Crippen LogP contribution is 2.28. The zero-order valence-corrected chi connectivity index (χ0v) is 14.5. The van der Waals surface area contributed by atoms with Crippen LogP contribution < -0.4 is 0 Å². The molecule has 0 atom stereocenters. The maximum absolute atomic E-state index is 9.38. The van der Waals surface area contributed by atoms with Crippen molar-refractivity contribution in [2.24, 2.45) is 0 Å². The van der Waals surface area contributed by atoms with Crippen LogP contribution in [0.4, 0.5) is 0 Å². The second-order valence-corrected chi connectivity index (χ2v) is 6.86. The van der Waals surface area contributed by atoms with Crippen molar-refractivity contribution in [1.82, 2.24) is 0 Å². The Morgan fingerprint density at radius 2 is 1.14 bits per heavy atom. The van der Waals surface area contributed by atoms with Gasteiger partial charge < -0.3 is 5.11 Å². The average molecular weight is 295 g/mol. The Labute approximate surface area is 133 Å². The molecule has 0 heterocycles. The zero-order chi connectivity index (χ0) is 15.2. The summed E-state index contributed by atoms with van der Waals surface area (Å²) in [4.78, 5) is 0. The Morgan fingerprint density at radius 3 is 1.67 bits per heavy atom. The molecule has 0 aromatic carbocycles. The van der Waals surface area contributed by atoms with Gasteiger partial charge in [-0.15, -0.1) is 0 Å². The Morgan fingerprint density at radius 1 is 0.667 bits per heavy atom. The summed E-state index contributed by atoms with van der Waals surface area (Å²) in [6, 6.07) is 0. The molecular weight excluding hydrogens is 256 g/mol. The molecule has 0 aromatic rings. The van der Waals surface area contributed by atoms with Crippen molar-refractivity contribution in [1.29, 1.82) is 0 Å². The van der Waals surface area contributed by atoms with Gasteiger partial charge in [0.05, 0.1) is 6.61 Å². The normalized spacial score (nSPS) is 15.7.